The second-order valence-electron chi connectivity index (χ2n) is 12.1. The van der Waals surface area contributed by atoms with E-state index in [2.05, 4.69) is 6.07 Å². The third-order valence-electron chi connectivity index (χ3n) is 8.21. The summed E-state index contributed by atoms with van der Waals surface area (Å²) in [5.41, 5.74) is 12.6. The summed E-state index contributed by atoms with van der Waals surface area (Å²) in [7, 11) is 0. The third kappa shape index (κ3) is 5.61. The van der Waals surface area contributed by atoms with E-state index in [-0.39, 0.29) is 34.9 Å². The summed E-state index contributed by atoms with van der Waals surface area (Å²) in [6.07, 6.45) is 0.809. The molecule has 5 rings (SSSR count). The molecule has 1 unspecified atom stereocenters. The van der Waals surface area contributed by atoms with Gasteiger partial charge in [0.25, 0.3) is 5.69 Å². The first kappa shape index (κ1) is 29.9. The fourth-order valence-electron chi connectivity index (χ4n) is 6.20. The van der Waals surface area contributed by atoms with Gasteiger partial charge >= 0.3 is 0 Å². The molecule has 0 amide bonds. The van der Waals surface area contributed by atoms with Gasteiger partial charge in [-0.1, -0.05) is 49.2 Å². The first-order valence-corrected chi connectivity index (χ1v) is 14.4. The number of carbonyl (C=O) groups is 1. The predicted molar refractivity (Wildman–Crippen MR) is 167 cm³/mol. The lowest BCUT2D eigenvalue weighted by molar-refractivity contribution is -0.384. The van der Waals surface area contributed by atoms with Gasteiger partial charge in [0.1, 0.15) is 18.2 Å². The number of ether oxygens (including phenoxy) is 1. The summed E-state index contributed by atoms with van der Waals surface area (Å²) < 4.78 is 6.19. The maximum absolute atomic E-state index is 14.0. The van der Waals surface area contributed by atoms with Gasteiger partial charge in [-0.2, -0.15) is 5.26 Å². The zero-order chi connectivity index (χ0) is 31.2. The third-order valence-corrected chi connectivity index (χ3v) is 8.45. The SMILES string of the molecule is Cc1cc(COc2ccc(Cl)cc2C)c(C)c(C2C(C#N)=C(N)N(c3cccc([N+](=O)[O-])c3)C3=C2C(=O)CC(C)(C)C3)c1. The number of ketones is 1. The molecule has 3 aromatic rings. The number of aryl methyl sites for hydroxylation is 2. The lowest BCUT2D eigenvalue weighted by Gasteiger charge is -2.44. The van der Waals surface area contributed by atoms with Crippen LogP contribution in [-0.2, 0) is 11.4 Å². The van der Waals surface area contributed by atoms with Crippen molar-refractivity contribution in [2.24, 2.45) is 11.1 Å². The number of anilines is 1. The Morgan fingerprint density at radius 2 is 1.88 bits per heavy atom. The molecule has 0 saturated heterocycles. The number of nitrogens with zero attached hydrogens (tertiary/aromatic N) is 3. The number of nitrogens with two attached hydrogens (primary N) is 1. The van der Waals surface area contributed by atoms with Crippen molar-refractivity contribution in [3.05, 3.63) is 120 Å². The van der Waals surface area contributed by atoms with Crippen LogP contribution >= 0.6 is 11.6 Å². The van der Waals surface area contributed by atoms with Gasteiger partial charge < -0.3 is 10.5 Å². The minimum atomic E-state index is -0.686. The van der Waals surface area contributed by atoms with E-state index in [9.17, 15) is 20.2 Å². The van der Waals surface area contributed by atoms with Crippen molar-refractivity contribution in [1.29, 1.82) is 5.26 Å². The van der Waals surface area contributed by atoms with Gasteiger partial charge in [0, 0.05) is 34.8 Å². The van der Waals surface area contributed by atoms with E-state index >= 15 is 0 Å². The number of non-ortho nitro benzene ring substituents is 1. The van der Waals surface area contributed by atoms with E-state index in [0.29, 0.717) is 40.6 Å². The van der Waals surface area contributed by atoms with Crippen LogP contribution in [0, 0.1) is 47.6 Å². The summed E-state index contributed by atoms with van der Waals surface area (Å²) in [4.78, 5) is 26.8. The Morgan fingerprint density at radius 3 is 2.56 bits per heavy atom. The molecule has 1 aliphatic heterocycles. The van der Waals surface area contributed by atoms with E-state index in [1.807, 2.05) is 58.9 Å². The Morgan fingerprint density at radius 1 is 1.14 bits per heavy atom. The molecule has 3 aromatic carbocycles. The molecule has 220 valence electrons. The van der Waals surface area contributed by atoms with Crippen LogP contribution in [0.2, 0.25) is 5.02 Å². The highest BCUT2D eigenvalue weighted by Gasteiger charge is 2.45. The lowest BCUT2D eigenvalue weighted by atomic mass is 9.68. The molecule has 0 aromatic heterocycles. The van der Waals surface area contributed by atoms with Crippen LogP contribution in [0.5, 0.6) is 5.75 Å². The number of Topliss-reactive ketones (excluding diaryl/α,β-unsaturated/α-hetero) is 1. The molecule has 0 spiro atoms. The second kappa shape index (κ2) is 11.2. The molecule has 1 atom stereocenters. The van der Waals surface area contributed by atoms with E-state index in [1.165, 1.54) is 12.1 Å². The largest absolute Gasteiger partial charge is 0.489 e. The van der Waals surface area contributed by atoms with Crippen LogP contribution < -0.4 is 15.4 Å². The highest BCUT2D eigenvalue weighted by molar-refractivity contribution is 6.30. The fourth-order valence-corrected chi connectivity index (χ4v) is 6.43. The molecule has 2 aliphatic rings. The van der Waals surface area contributed by atoms with Gasteiger partial charge in [-0.25, -0.2) is 0 Å². The van der Waals surface area contributed by atoms with Crippen molar-refractivity contribution in [3.8, 4) is 11.8 Å². The van der Waals surface area contributed by atoms with Crippen LogP contribution in [0.4, 0.5) is 11.4 Å². The van der Waals surface area contributed by atoms with Gasteiger partial charge in [0.05, 0.1) is 28.2 Å². The first-order valence-electron chi connectivity index (χ1n) is 14.0. The van der Waals surface area contributed by atoms with E-state index in [4.69, 9.17) is 22.1 Å². The van der Waals surface area contributed by atoms with Crippen LogP contribution in [0.3, 0.4) is 0 Å². The maximum atomic E-state index is 14.0. The second-order valence-corrected chi connectivity index (χ2v) is 12.5. The predicted octanol–water partition coefficient (Wildman–Crippen LogP) is 7.69. The van der Waals surface area contributed by atoms with Crippen LogP contribution in [-0.4, -0.2) is 10.7 Å². The van der Waals surface area contributed by atoms with Crippen molar-refractivity contribution < 1.29 is 14.5 Å². The van der Waals surface area contributed by atoms with Gasteiger partial charge in [0.2, 0.25) is 0 Å². The van der Waals surface area contributed by atoms with Crippen molar-refractivity contribution in [2.45, 2.75) is 60.0 Å². The number of carbonyl (C=O) groups excluding carboxylic acids is 1. The van der Waals surface area contributed by atoms with Crippen molar-refractivity contribution >= 4 is 28.8 Å². The normalized spacial score (nSPS) is 17.9. The average Bonchev–Trinajstić information content (AvgIpc) is 2.93. The number of allylic oxidation sites excluding steroid dienone is 3. The first-order chi connectivity index (χ1) is 20.3. The van der Waals surface area contributed by atoms with E-state index in [0.717, 1.165) is 27.8 Å². The summed E-state index contributed by atoms with van der Waals surface area (Å²) in [5.74, 6) is 0.123. The fraction of sp³-hybridized carbons (Fsp3) is 0.294. The van der Waals surface area contributed by atoms with E-state index in [1.54, 1.807) is 23.1 Å². The maximum Gasteiger partial charge on any atom is 0.271 e. The molecule has 2 N–H and O–H groups in total. The number of benzene rings is 3. The molecule has 8 nitrogen and oxygen atoms in total. The van der Waals surface area contributed by atoms with Gasteiger partial charge in [0.15, 0.2) is 5.78 Å². The van der Waals surface area contributed by atoms with Gasteiger partial charge in [-0.3, -0.25) is 19.8 Å². The molecular weight excluding hydrogens is 564 g/mol. The monoisotopic (exact) mass is 596 g/mol. The zero-order valence-corrected chi connectivity index (χ0v) is 25.6. The summed E-state index contributed by atoms with van der Waals surface area (Å²) in [6, 6.07) is 17.9. The highest BCUT2D eigenvalue weighted by Crippen LogP contribution is 2.51. The Labute approximate surface area is 256 Å². The minimum absolute atomic E-state index is 0.0672. The topological polar surface area (TPSA) is 122 Å². The Hall–Kier alpha value is -4.61. The van der Waals surface area contributed by atoms with Gasteiger partial charge in [-0.15, -0.1) is 0 Å². The quantitative estimate of drug-likeness (QED) is 0.228. The van der Waals surface area contributed by atoms with Crippen molar-refractivity contribution in [1.82, 2.24) is 0 Å². The van der Waals surface area contributed by atoms with Crippen LogP contribution in [0.1, 0.15) is 60.4 Å². The van der Waals surface area contributed by atoms with Crippen LogP contribution in [0.25, 0.3) is 0 Å². The molecule has 0 radical (unpaired) electrons. The summed E-state index contributed by atoms with van der Waals surface area (Å²) in [6.45, 7) is 10.2. The lowest BCUT2D eigenvalue weighted by Crippen LogP contribution is -2.42. The minimum Gasteiger partial charge on any atom is -0.489 e. The number of nitro groups is 1. The number of hydrogen-bond donors (Lipinski definition) is 1. The van der Waals surface area contributed by atoms with Crippen LogP contribution in [0.15, 0.2) is 77.3 Å². The Balaban J connectivity index is 1.67. The Bertz CT molecular complexity index is 1780. The molecule has 0 saturated carbocycles. The average molecular weight is 597 g/mol. The molecule has 9 heteroatoms. The molecule has 0 bridgehead atoms. The molecule has 1 aliphatic carbocycles. The molecule has 0 fully saturated rings. The smallest absolute Gasteiger partial charge is 0.271 e. The standard InChI is InChI=1S/C34H33ClN4O4/c1-19-11-22(18-43-30-10-9-23(35)13-20(30)2)21(3)26(12-19)31-27(17-36)33(37)38(24-7-6-8-25(14-24)39(41)42)28-15-34(4,5)16-29(40)32(28)31/h6-14,31H,15-16,18,37H2,1-5H3. The number of rotatable bonds is 6. The van der Waals surface area contributed by atoms with Gasteiger partial charge in [-0.05, 0) is 79.1 Å². The number of nitriles is 1. The highest BCUT2D eigenvalue weighted by atomic mass is 35.5. The number of nitro benzene ring substituents is 1. The van der Waals surface area contributed by atoms with Crippen molar-refractivity contribution in [3.63, 3.8) is 0 Å². The van der Waals surface area contributed by atoms with Crippen molar-refractivity contribution in [2.75, 3.05) is 4.90 Å². The summed E-state index contributed by atoms with van der Waals surface area (Å²) >= 11 is 6.12. The number of hydrogen-bond acceptors (Lipinski definition) is 7. The summed E-state index contributed by atoms with van der Waals surface area (Å²) in [5, 5.41) is 22.8. The Kier molecular flexibility index (Phi) is 7.80. The van der Waals surface area contributed by atoms with E-state index < -0.39 is 10.8 Å². The molecular formula is C34H33ClN4O4. The number of halogens is 1. The molecule has 1 heterocycles. The zero-order valence-electron chi connectivity index (χ0n) is 24.8. The molecule has 43 heavy (non-hydrogen) atoms.